The Kier molecular flexibility index (Phi) is 5.38. The summed E-state index contributed by atoms with van der Waals surface area (Å²) in [6, 6.07) is 14.8. The molecule has 0 aliphatic heterocycles. The fraction of sp³-hybridized carbons (Fsp3) is 0.200. The lowest BCUT2D eigenvalue weighted by atomic mass is 10.1. The molecule has 4 aromatic rings. The molecule has 4 rings (SSSR count). The van der Waals surface area contributed by atoms with Crippen LogP contribution in [0.2, 0.25) is 0 Å². The van der Waals surface area contributed by atoms with Crippen LogP contribution in [0.25, 0.3) is 22.6 Å². The lowest BCUT2D eigenvalue weighted by Gasteiger charge is -2.13. The molecule has 3 aromatic carbocycles. The van der Waals surface area contributed by atoms with Crippen molar-refractivity contribution in [1.82, 2.24) is 4.98 Å². The van der Waals surface area contributed by atoms with E-state index in [1.54, 1.807) is 25.3 Å². The van der Waals surface area contributed by atoms with Crippen molar-refractivity contribution in [2.45, 2.75) is 20.8 Å². The minimum absolute atomic E-state index is 0.274. The Hall–Kier alpha value is -3.80. The molecular weight excluding hydrogens is 392 g/mol. The number of amides is 1. The van der Waals surface area contributed by atoms with Gasteiger partial charge in [0.25, 0.3) is 5.91 Å². The van der Waals surface area contributed by atoms with Crippen molar-refractivity contribution < 1.29 is 18.7 Å². The average Bonchev–Trinajstić information content (AvgIpc) is 3.17. The van der Waals surface area contributed by atoms with Crippen LogP contribution in [-0.2, 0) is 0 Å². The topological polar surface area (TPSA) is 73.6 Å². The van der Waals surface area contributed by atoms with Crippen molar-refractivity contribution in [2.75, 3.05) is 19.5 Å². The molecule has 1 aromatic heterocycles. The van der Waals surface area contributed by atoms with Gasteiger partial charge in [-0.05, 0) is 73.9 Å². The van der Waals surface area contributed by atoms with Crippen LogP contribution in [0.15, 0.2) is 52.9 Å². The number of carbonyl (C=O) groups is 1. The molecule has 0 bridgehead atoms. The van der Waals surface area contributed by atoms with Crippen molar-refractivity contribution in [2.24, 2.45) is 0 Å². The van der Waals surface area contributed by atoms with E-state index in [0.29, 0.717) is 28.6 Å². The van der Waals surface area contributed by atoms with Crippen LogP contribution in [0.5, 0.6) is 11.5 Å². The quantitative estimate of drug-likeness (QED) is 0.452. The first kappa shape index (κ1) is 20.5. The van der Waals surface area contributed by atoms with Crippen molar-refractivity contribution in [3.05, 3.63) is 70.8 Å². The number of benzene rings is 3. The predicted octanol–water partition coefficient (Wildman–Crippen LogP) is 5.69. The Morgan fingerprint density at radius 1 is 0.903 bits per heavy atom. The molecule has 1 N–H and O–H groups in total. The highest BCUT2D eigenvalue weighted by atomic mass is 16.5. The van der Waals surface area contributed by atoms with Crippen LogP contribution >= 0.6 is 0 Å². The maximum Gasteiger partial charge on any atom is 0.259 e. The fourth-order valence-electron chi connectivity index (χ4n) is 3.37. The zero-order chi connectivity index (χ0) is 22.1. The van der Waals surface area contributed by atoms with E-state index < -0.39 is 0 Å². The molecule has 158 valence electrons. The van der Waals surface area contributed by atoms with Crippen molar-refractivity contribution >= 4 is 22.7 Å². The summed E-state index contributed by atoms with van der Waals surface area (Å²) in [6.45, 7) is 6.03. The van der Waals surface area contributed by atoms with Crippen LogP contribution in [0.4, 0.5) is 5.69 Å². The molecule has 31 heavy (non-hydrogen) atoms. The van der Waals surface area contributed by atoms with Gasteiger partial charge in [-0.1, -0.05) is 6.07 Å². The normalized spacial score (nSPS) is 10.9. The summed E-state index contributed by atoms with van der Waals surface area (Å²) in [5.74, 6) is 1.30. The SMILES string of the molecule is COc1ccc(C(=O)Nc2cc(-c3nc4cc(C)c(C)cc4o3)ccc2C)c(OC)c1. The predicted molar refractivity (Wildman–Crippen MR) is 121 cm³/mol. The van der Waals surface area contributed by atoms with Crippen LogP contribution in [0.3, 0.4) is 0 Å². The van der Waals surface area contributed by atoms with Crippen LogP contribution < -0.4 is 14.8 Å². The number of fused-ring (bicyclic) bond motifs is 1. The number of nitrogens with one attached hydrogen (secondary N) is 1. The summed E-state index contributed by atoms with van der Waals surface area (Å²) in [5, 5.41) is 2.97. The standard InChI is InChI=1S/C25H24N2O4/c1-14-6-7-17(25-27-21-10-15(2)16(3)11-23(21)31-25)12-20(14)26-24(28)19-9-8-18(29-4)13-22(19)30-5/h6-13H,1-5H3,(H,26,28). The maximum atomic E-state index is 12.9. The van der Waals surface area contributed by atoms with E-state index >= 15 is 0 Å². The summed E-state index contributed by atoms with van der Waals surface area (Å²) in [4.78, 5) is 17.6. The van der Waals surface area contributed by atoms with Crippen molar-refractivity contribution in [1.29, 1.82) is 0 Å². The Morgan fingerprint density at radius 2 is 1.68 bits per heavy atom. The Bertz CT molecular complexity index is 1250. The molecule has 1 amide bonds. The minimum atomic E-state index is -0.274. The maximum absolute atomic E-state index is 12.9. The molecule has 6 heteroatoms. The number of nitrogens with zero attached hydrogens (tertiary/aromatic N) is 1. The summed E-state index contributed by atoms with van der Waals surface area (Å²) in [6.07, 6.45) is 0. The minimum Gasteiger partial charge on any atom is -0.497 e. The smallest absolute Gasteiger partial charge is 0.259 e. The van der Waals surface area contributed by atoms with Gasteiger partial charge in [0.15, 0.2) is 5.58 Å². The van der Waals surface area contributed by atoms with E-state index in [9.17, 15) is 4.79 Å². The lowest BCUT2D eigenvalue weighted by Crippen LogP contribution is -2.14. The van der Waals surface area contributed by atoms with Crippen LogP contribution in [0, 0.1) is 20.8 Å². The number of methoxy groups -OCH3 is 2. The molecular formula is C25H24N2O4. The second-order valence-electron chi connectivity index (χ2n) is 7.47. The third-order valence-electron chi connectivity index (χ3n) is 5.39. The van der Waals surface area contributed by atoms with E-state index in [0.717, 1.165) is 33.4 Å². The number of aromatic nitrogens is 1. The second kappa shape index (κ2) is 8.14. The number of hydrogen-bond donors (Lipinski definition) is 1. The third kappa shape index (κ3) is 3.97. The number of carbonyl (C=O) groups excluding carboxylic acids is 1. The van der Waals surface area contributed by atoms with Gasteiger partial charge in [-0.25, -0.2) is 4.98 Å². The van der Waals surface area contributed by atoms with Gasteiger partial charge in [0.2, 0.25) is 5.89 Å². The second-order valence-corrected chi connectivity index (χ2v) is 7.47. The number of oxazole rings is 1. The van der Waals surface area contributed by atoms with E-state index in [-0.39, 0.29) is 5.91 Å². The molecule has 0 saturated heterocycles. The molecule has 1 heterocycles. The van der Waals surface area contributed by atoms with E-state index in [4.69, 9.17) is 13.9 Å². The third-order valence-corrected chi connectivity index (χ3v) is 5.39. The Labute approximate surface area is 180 Å². The largest absolute Gasteiger partial charge is 0.497 e. The molecule has 0 spiro atoms. The first-order valence-electron chi connectivity index (χ1n) is 9.92. The van der Waals surface area contributed by atoms with Gasteiger partial charge in [-0.2, -0.15) is 0 Å². The van der Waals surface area contributed by atoms with Gasteiger partial charge in [0, 0.05) is 17.3 Å². The van der Waals surface area contributed by atoms with Gasteiger partial charge in [-0.15, -0.1) is 0 Å². The molecule has 0 atom stereocenters. The van der Waals surface area contributed by atoms with Gasteiger partial charge < -0.3 is 19.2 Å². The molecule has 0 radical (unpaired) electrons. The first-order chi connectivity index (χ1) is 14.9. The van der Waals surface area contributed by atoms with Gasteiger partial charge in [0.1, 0.15) is 17.0 Å². The monoisotopic (exact) mass is 416 g/mol. The number of anilines is 1. The number of rotatable bonds is 5. The average molecular weight is 416 g/mol. The molecule has 6 nitrogen and oxygen atoms in total. The zero-order valence-corrected chi connectivity index (χ0v) is 18.2. The van der Waals surface area contributed by atoms with E-state index in [1.165, 1.54) is 7.11 Å². The number of hydrogen-bond acceptors (Lipinski definition) is 5. The summed E-state index contributed by atoms with van der Waals surface area (Å²) in [7, 11) is 3.09. The molecule has 0 saturated carbocycles. The van der Waals surface area contributed by atoms with Gasteiger partial charge in [0.05, 0.1) is 19.8 Å². The highest BCUT2D eigenvalue weighted by Gasteiger charge is 2.16. The Balaban J connectivity index is 1.66. The first-order valence-corrected chi connectivity index (χ1v) is 9.92. The summed E-state index contributed by atoms with van der Waals surface area (Å²) in [5.41, 5.74) is 6.68. The lowest BCUT2D eigenvalue weighted by molar-refractivity contribution is 0.102. The zero-order valence-electron chi connectivity index (χ0n) is 18.2. The highest BCUT2D eigenvalue weighted by molar-refractivity contribution is 6.07. The molecule has 0 unspecified atom stereocenters. The highest BCUT2D eigenvalue weighted by Crippen LogP contribution is 2.30. The Morgan fingerprint density at radius 3 is 2.42 bits per heavy atom. The summed E-state index contributed by atoms with van der Waals surface area (Å²) < 4.78 is 16.5. The summed E-state index contributed by atoms with van der Waals surface area (Å²) >= 11 is 0. The van der Waals surface area contributed by atoms with Gasteiger partial charge >= 0.3 is 0 Å². The van der Waals surface area contributed by atoms with Gasteiger partial charge in [-0.3, -0.25) is 4.79 Å². The number of ether oxygens (including phenoxy) is 2. The van der Waals surface area contributed by atoms with E-state index in [1.807, 2.05) is 44.2 Å². The molecule has 0 aliphatic carbocycles. The molecule has 0 fully saturated rings. The van der Waals surface area contributed by atoms with Crippen LogP contribution in [0.1, 0.15) is 27.0 Å². The van der Waals surface area contributed by atoms with Crippen molar-refractivity contribution in [3.8, 4) is 23.0 Å². The van der Waals surface area contributed by atoms with Crippen molar-refractivity contribution in [3.63, 3.8) is 0 Å². The van der Waals surface area contributed by atoms with E-state index in [2.05, 4.69) is 17.2 Å². The fourth-order valence-corrected chi connectivity index (χ4v) is 3.37. The van der Waals surface area contributed by atoms with Crippen LogP contribution in [-0.4, -0.2) is 25.1 Å². The molecule has 0 aliphatic rings. The number of aryl methyl sites for hydroxylation is 3.